The Labute approximate surface area is 184 Å². The predicted octanol–water partition coefficient (Wildman–Crippen LogP) is 3.20. The number of aliphatic hydroxyl groups is 1. The molecule has 0 fully saturated rings. The van der Waals surface area contributed by atoms with Crippen molar-refractivity contribution in [3.63, 3.8) is 0 Å². The molecule has 31 heavy (non-hydrogen) atoms. The van der Waals surface area contributed by atoms with Gasteiger partial charge in [0.25, 0.3) is 0 Å². The van der Waals surface area contributed by atoms with Crippen molar-refractivity contribution in [1.29, 1.82) is 0 Å². The summed E-state index contributed by atoms with van der Waals surface area (Å²) in [5, 5.41) is 9.54. The maximum Gasteiger partial charge on any atom is 0.203 e. The van der Waals surface area contributed by atoms with Crippen molar-refractivity contribution >= 4 is 0 Å². The monoisotopic (exact) mass is 432 g/mol. The molecule has 0 amide bonds. The molecule has 2 aromatic carbocycles. The van der Waals surface area contributed by atoms with Gasteiger partial charge in [-0.2, -0.15) is 0 Å². The zero-order chi connectivity index (χ0) is 22.6. The molecule has 1 N–H and O–H groups in total. The molecule has 170 valence electrons. The maximum absolute atomic E-state index is 9.54. The zero-order valence-corrected chi connectivity index (χ0v) is 19.4. The number of hydrogen-bond acceptors (Lipinski definition) is 6. The molecule has 2 atom stereocenters. The first-order valence-corrected chi connectivity index (χ1v) is 10.5. The summed E-state index contributed by atoms with van der Waals surface area (Å²) in [7, 11) is 10.4. The van der Waals surface area contributed by atoms with Crippen LogP contribution in [0, 0.1) is 0 Å². The molecule has 0 saturated heterocycles. The van der Waals surface area contributed by atoms with E-state index in [1.807, 2.05) is 12.1 Å². The SMILES string of the molecule is COc1cc2c(cc1OC)[C@H](c1cc(OC)c(OC)c(OC)c1)[N@@+](C)(CCCO)CC2. The van der Waals surface area contributed by atoms with E-state index in [-0.39, 0.29) is 12.6 Å². The third-order valence-electron chi connectivity index (χ3n) is 6.29. The topological polar surface area (TPSA) is 66.4 Å². The van der Waals surface area contributed by atoms with Gasteiger partial charge in [-0.3, -0.25) is 0 Å². The van der Waals surface area contributed by atoms with Crippen molar-refractivity contribution in [3.8, 4) is 28.7 Å². The average molecular weight is 433 g/mol. The second kappa shape index (κ2) is 9.66. The minimum Gasteiger partial charge on any atom is -0.493 e. The van der Waals surface area contributed by atoms with Crippen LogP contribution in [0.25, 0.3) is 0 Å². The number of ether oxygens (including phenoxy) is 5. The Hall–Kier alpha value is -2.64. The van der Waals surface area contributed by atoms with Crippen molar-refractivity contribution in [1.82, 2.24) is 0 Å². The van der Waals surface area contributed by atoms with E-state index >= 15 is 0 Å². The lowest BCUT2D eigenvalue weighted by Crippen LogP contribution is -2.52. The highest BCUT2D eigenvalue weighted by Crippen LogP contribution is 2.48. The lowest BCUT2D eigenvalue weighted by atomic mass is 9.85. The van der Waals surface area contributed by atoms with Crippen LogP contribution in [0.2, 0.25) is 0 Å². The number of likely N-dealkylation sites (N-methyl/N-ethyl adjacent to an activating group) is 1. The molecular formula is C24H34NO6+. The summed E-state index contributed by atoms with van der Waals surface area (Å²) in [5.74, 6) is 3.25. The van der Waals surface area contributed by atoms with Crippen LogP contribution in [-0.4, -0.2) is 71.9 Å². The Balaban J connectivity index is 2.25. The molecule has 1 aliphatic heterocycles. The molecule has 0 bridgehead atoms. The lowest BCUT2D eigenvalue weighted by Gasteiger charge is -2.46. The van der Waals surface area contributed by atoms with Crippen molar-refractivity contribution in [2.75, 3.05) is 62.3 Å². The number of quaternary nitrogens is 1. The van der Waals surface area contributed by atoms with Gasteiger partial charge in [0.15, 0.2) is 23.0 Å². The summed E-state index contributed by atoms with van der Waals surface area (Å²) in [4.78, 5) is 0. The lowest BCUT2D eigenvalue weighted by molar-refractivity contribution is -0.935. The second-order valence-corrected chi connectivity index (χ2v) is 8.02. The van der Waals surface area contributed by atoms with Crippen molar-refractivity contribution < 1.29 is 33.3 Å². The highest BCUT2D eigenvalue weighted by atomic mass is 16.5. The molecule has 3 rings (SSSR count). The van der Waals surface area contributed by atoms with E-state index in [0.717, 1.165) is 41.7 Å². The number of hydrogen-bond donors (Lipinski definition) is 1. The summed E-state index contributed by atoms with van der Waals surface area (Å²) < 4.78 is 28.7. The van der Waals surface area contributed by atoms with Gasteiger partial charge in [0.05, 0.1) is 55.7 Å². The Kier molecular flexibility index (Phi) is 7.18. The van der Waals surface area contributed by atoms with E-state index in [9.17, 15) is 5.11 Å². The minimum absolute atomic E-state index is 0.00353. The number of benzene rings is 2. The molecule has 0 aliphatic carbocycles. The molecule has 1 aliphatic rings. The Bertz CT molecular complexity index is 890. The molecule has 7 nitrogen and oxygen atoms in total. The van der Waals surface area contributed by atoms with Gasteiger partial charge in [0.2, 0.25) is 5.75 Å². The number of fused-ring (bicyclic) bond motifs is 1. The Morgan fingerprint density at radius 3 is 1.94 bits per heavy atom. The molecule has 2 aromatic rings. The van der Waals surface area contributed by atoms with Gasteiger partial charge in [-0.05, 0) is 29.8 Å². The van der Waals surface area contributed by atoms with Gasteiger partial charge in [-0.1, -0.05) is 0 Å². The molecular weight excluding hydrogens is 398 g/mol. The van der Waals surface area contributed by atoms with E-state index in [4.69, 9.17) is 23.7 Å². The Morgan fingerprint density at radius 1 is 0.839 bits per heavy atom. The van der Waals surface area contributed by atoms with E-state index in [1.54, 1.807) is 35.5 Å². The highest BCUT2D eigenvalue weighted by Gasteiger charge is 2.41. The number of rotatable bonds is 9. The average Bonchev–Trinajstić information content (AvgIpc) is 2.80. The minimum atomic E-state index is 0.00353. The van der Waals surface area contributed by atoms with Crippen molar-refractivity contribution in [2.24, 2.45) is 0 Å². The van der Waals surface area contributed by atoms with E-state index in [1.165, 1.54) is 11.1 Å². The fraction of sp³-hybridized carbons (Fsp3) is 0.500. The molecule has 0 unspecified atom stereocenters. The summed E-state index contributed by atoms with van der Waals surface area (Å²) in [5.41, 5.74) is 3.47. The third-order valence-corrected chi connectivity index (χ3v) is 6.29. The summed E-state index contributed by atoms with van der Waals surface area (Å²) in [6, 6.07) is 8.20. The first-order chi connectivity index (χ1) is 15.0. The quantitative estimate of drug-likeness (QED) is 0.614. The van der Waals surface area contributed by atoms with Crippen LogP contribution < -0.4 is 23.7 Å². The van der Waals surface area contributed by atoms with Gasteiger partial charge < -0.3 is 33.3 Å². The largest absolute Gasteiger partial charge is 0.493 e. The normalized spacial score (nSPS) is 20.0. The van der Waals surface area contributed by atoms with E-state index in [0.29, 0.717) is 23.0 Å². The molecule has 7 heteroatoms. The van der Waals surface area contributed by atoms with Gasteiger partial charge in [-0.25, -0.2) is 0 Å². The van der Waals surface area contributed by atoms with Crippen LogP contribution in [0.3, 0.4) is 0 Å². The second-order valence-electron chi connectivity index (χ2n) is 8.02. The number of aliphatic hydroxyl groups excluding tert-OH is 1. The highest BCUT2D eigenvalue weighted by molar-refractivity contribution is 5.57. The Morgan fingerprint density at radius 2 is 1.42 bits per heavy atom. The summed E-state index contributed by atoms with van der Waals surface area (Å²) >= 11 is 0. The fourth-order valence-electron chi connectivity index (χ4n) is 4.72. The molecule has 0 saturated carbocycles. The molecule has 0 aromatic heterocycles. The molecule has 0 radical (unpaired) electrons. The van der Waals surface area contributed by atoms with E-state index < -0.39 is 0 Å². The molecule has 0 spiro atoms. The maximum atomic E-state index is 9.54. The van der Waals surface area contributed by atoms with Crippen LogP contribution >= 0.6 is 0 Å². The van der Waals surface area contributed by atoms with Crippen LogP contribution in [0.1, 0.15) is 29.2 Å². The third kappa shape index (κ3) is 4.25. The number of nitrogens with zero attached hydrogens (tertiary/aromatic N) is 1. The van der Waals surface area contributed by atoms with Crippen LogP contribution in [0.15, 0.2) is 24.3 Å². The van der Waals surface area contributed by atoms with Gasteiger partial charge in [-0.15, -0.1) is 0 Å². The van der Waals surface area contributed by atoms with Gasteiger partial charge >= 0.3 is 0 Å². The standard InChI is InChI=1S/C24H34NO6/c1-25(9-7-11-26)10-8-16-12-19(27-2)20(28-3)15-18(16)23(25)17-13-21(29-4)24(31-6)22(14-17)30-5/h12-15,23,26H,7-11H2,1-6H3/q+1/t23-,25-/m0/s1. The number of methoxy groups -OCH3 is 5. The predicted molar refractivity (Wildman–Crippen MR) is 119 cm³/mol. The van der Waals surface area contributed by atoms with Gasteiger partial charge in [0, 0.05) is 30.6 Å². The van der Waals surface area contributed by atoms with Crippen LogP contribution in [-0.2, 0) is 6.42 Å². The van der Waals surface area contributed by atoms with Crippen molar-refractivity contribution in [3.05, 3.63) is 41.0 Å². The van der Waals surface area contributed by atoms with Crippen molar-refractivity contribution in [2.45, 2.75) is 18.9 Å². The first kappa shape index (κ1) is 23.0. The van der Waals surface area contributed by atoms with Gasteiger partial charge in [0.1, 0.15) is 6.04 Å². The first-order valence-electron chi connectivity index (χ1n) is 10.5. The smallest absolute Gasteiger partial charge is 0.203 e. The van der Waals surface area contributed by atoms with Crippen LogP contribution in [0.5, 0.6) is 28.7 Å². The summed E-state index contributed by atoms with van der Waals surface area (Å²) in [6.45, 7) is 1.93. The van der Waals surface area contributed by atoms with Crippen LogP contribution in [0.4, 0.5) is 0 Å². The fourth-order valence-corrected chi connectivity index (χ4v) is 4.72. The molecule has 1 heterocycles. The summed E-state index contributed by atoms with van der Waals surface area (Å²) in [6.07, 6.45) is 1.64. The van der Waals surface area contributed by atoms with E-state index in [2.05, 4.69) is 19.2 Å². The zero-order valence-electron chi connectivity index (χ0n) is 19.4.